The first-order valence-corrected chi connectivity index (χ1v) is 11.7. The zero-order chi connectivity index (χ0) is 22.1. The van der Waals surface area contributed by atoms with Crippen LogP contribution >= 0.6 is 56.8 Å². The molecule has 0 radical (unpaired) electrons. The number of ether oxygens (including phenoxy) is 2. The van der Waals surface area contributed by atoms with Crippen molar-refractivity contribution in [2.45, 2.75) is 26.4 Å². The fraction of sp³-hybridized carbons (Fsp3) is 0.261. The summed E-state index contributed by atoms with van der Waals surface area (Å²) in [4.78, 5) is 11.2. The van der Waals surface area contributed by atoms with Crippen LogP contribution in [0.2, 0.25) is 5.02 Å². The van der Waals surface area contributed by atoms with Crippen molar-refractivity contribution >= 4 is 62.8 Å². The minimum absolute atomic E-state index is 0.245. The molecule has 0 bridgehead atoms. The van der Waals surface area contributed by atoms with Gasteiger partial charge in [0.25, 0.3) is 0 Å². The minimum Gasteiger partial charge on any atom is -0.488 e. The highest BCUT2D eigenvalue weighted by Gasteiger charge is 2.18. The van der Waals surface area contributed by atoms with E-state index in [1.807, 2.05) is 25.1 Å². The maximum Gasteiger partial charge on any atom is 0.333 e. The molecule has 4 nitrogen and oxygen atoms in total. The summed E-state index contributed by atoms with van der Waals surface area (Å²) in [6.07, 6.45) is 1.25. The molecule has 0 saturated heterocycles. The molecule has 158 valence electrons. The van der Waals surface area contributed by atoms with E-state index in [0.29, 0.717) is 24.0 Å². The molecule has 0 unspecified atom stereocenters. The summed E-state index contributed by atoms with van der Waals surface area (Å²) in [6.45, 7) is 4.37. The fourth-order valence-corrected chi connectivity index (χ4v) is 4.72. The molecule has 0 fully saturated rings. The SMILES string of the molecule is CCO[C@@H](Cc1ccc(OCC=C(C)C#Cc2cc(I)cc(I)c2)c(Cl)c1)C(=O)O. The molecule has 0 aromatic heterocycles. The van der Waals surface area contributed by atoms with Crippen LogP contribution < -0.4 is 4.74 Å². The van der Waals surface area contributed by atoms with Gasteiger partial charge < -0.3 is 14.6 Å². The summed E-state index contributed by atoms with van der Waals surface area (Å²) in [5.74, 6) is 5.84. The van der Waals surface area contributed by atoms with Crippen LogP contribution in [0.15, 0.2) is 48.0 Å². The normalized spacial score (nSPS) is 12.1. The van der Waals surface area contributed by atoms with Crippen LogP contribution in [0.1, 0.15) is 25.0 Å². The summed E-state index contributed by atoms with van der Waals surface area (Å²) in [5, 5.41) is 9.63. The molecule has 0 heterocycles. The number of rotatable bonds is 8. The molecular formula is C23H21ClI2O4. The van der Waals surface area contributed by atoms with Gasteiger partial charge in [-0.25, -0.2) is 4.79 Å². The van der Waals surface area contributed by atoms with Crippen LogP contribution in [0.25, 0.3) is 0 Å². The lowest BCUT2D eigenvalue weighted by molar-refractivity contribution is -0.149. The smallest absolute Gasteiger partial charge is 0.333 e. The Morgan fingerprint density at radius 3 is 2.53 bits per heavy atom. The fourth-order valence-electron chi connectivity index (χ4n) is 2.53. The van der Waals surface area contributed by atoms with Crippen LogP contribution in [-0.2, 0) is 16.0 Å². The molecule has 0 aliphatic heterocycles. The maximum atomic E-state index is 11.2. The molecule has 0 aliphatic rings. The molecule has 1 N–H and O–H groups in total. The first-order chi connectivity index (χ1) is 14.3. The third kappa shape index (κ3) is 8.46. The van der Waals surface area contributed by atoms with Gasteiger partial charge in [-0.1, -0.05) is 29.5 Å². The van der Waals surface area contributed by atoms with E-state index in [4.69, 9.17) is 21.1 Å². The lowest BCUT2D eigenvalue weighted by Crippen LogP contribution is -2.26. The van der Waals surface area contributed by atoms with Gasteiger partial charge in [-0.15, -0.1) is 0 Å². The van der Waals surface area contributed by atoms with E-state index < -0.39 is 12.1 Å². The minimum atomic E-state index is -0.991. The molecule has 0 saturated carbocycles. The number of aliphatic carboxylic acids is 1. The average molecular weight is 651 g/mol. The van der Waals surface area contributed by atoms with E-state index in [-0.39, 0.29) is 6.42 Å². The van der Waals surface area contributed by atoms with Gasteiger partial charge in [0.1, 0.15) is 12.4 Å². The second kappa shape index (κ2) is 12.5. The third-order valence-electron chi connectivity index (χ3n) is 3.96. The van der Waals surface area contributed by atoms with Crippen molar-refractivity contribution < 1.29 is 19.4 Å². The Kier molecular flexibility index (Phi) is 10.4. The van der Waals surface area contributed by atoms with Crippen LogP contribution in [0.5, 0.6) is 5.75 Å². The van der Waals surface area contributed by atoms with Gasteiger partial charge in [0.05, 0.1) is 5.02 Å². The summed E-state index contributed by atoms with van der Waals surface area (Å²) in [6, 6.07) is 11.4. The van der Waals surface area contributed by atoms with Crippen LogP contribution in [0.4, 0.5) is 0 Å². The molecule has 1 atom stereocenters. The highest BCUT2D eigenvalue weighted by molar-refractivity contribution is 14.1. The van der Waals surface area contributed by atoms with Gasteiger partial charge in [-0.3, -0.25) is 0 Å². The van der Waals surface area contributed by atoms with E-state index in [1.165, 1.54) is 0 Å². The zero-order valence-corrected chi connectivity index (χ0v) is 21.6. The maximum absolute atomic E-state index is 11.2. The first kappa shape index (κ1) is 25.0. The Morgan fingerprint density at radius 1 is 1.23 bits per heavy atom. The van der Waals surface area contributed by atoms with Crippen molar-refractivity contribution in [3.05, 3.63) is 71.3 Å². The predicted octanol–water partition coefficient (Wildman–Crippen LogP) is 5.96. The molecule has 2 aromatic rings. The predicted molar refractivity (Wildman–Crippen MR) is 136 cm³/mol. The van der Waals surface area contributed by atoms with Crippen molar-refractivity contribution in [2.75, 3.05) is 13.2 Å². The summed E-state index contributed by atoms with van der Waals surface area (Å²) in [5.41, 5.74) is 2.65. The quantitative estimate of drug-likeness (QED) is 0.283. The molecule has 0 aliphatic carbocycles. The van der Waals surface area contributed by atoms with Crippen LogP contribution in [0, 0.1) is 19.0 Å². The number of halogens is 3. The van der Waals surface area contributed by atoms with Crippen LogP contribution in [-0.4, -0.2) is 30.4 Å². The number of carbonyl (C=O) groups is 1. The Hall–Kier alpha value is -1.28. The van der Waals surface area contributed by atoms with Crippen molar-refractivity contribution in [1.82, 2.24) is 0 Å². The standard InChI is InChI=1S/C23H21ClI2O4/c1-3-29-22(23(27)28)13-17-6-7-21(20(24)12-17)30-9-8-15(2)4-5-16-10-18(25)14-19(26)11-16/h6-8,10-12,14,22H,3,9,13H2,1-2H3,(H,27,28)/t22-/m0/s1. The molecule has 0 spiro atoms. The number of carboxylic acid groups (broad SMARTS) is 1. The van der Waals surface area contributed by atoms with Crippen molar-refractivity contribution in [1.29, 1.82) is 0 Å². The molecule has 2 rings (SSSR count). The molecule has 0 amide bonds. The number of hydrogen-bond donors (Lipinski definition) is 1. The lowest BCUT2D eigenvalue weighted by Gasteiger charge is -2.13. The van der Waals surface area contributed by atoms with Gasteiger partial charge in [0, 0.05) is 25.7 Å². The Morgan fingerprint density at radius 2 is 1.93 bits per heavy atom. The highest BCUT2D eigenvalue weighted by Crippen LogP contribution is 2.26. The van der Waals surface area contributed by atoms with E-state index in [9.17, 15) is 9.90 Å². The van der Waals surface area contributed by atoms with Gasteiger partial charge in [-0.05, 0) is 107 Å². The van der Waals surface area contributed by atoms with Crippen molar-refractivity contribution in [3.63, 3.8) is 0 Å². The van der Waals surface area contributed by atoms with Gasteiger partial charge >= 0.3 is 5.97 Å². The lowest BCUT2D eigenvalue weighted by atomic mass is 10.1. The summed E-state index contributed by atoms with van der Waals surface area (Å²) < 4.78 is 13.3. The van der Waals surface area contributed by atoms with E-state index >= 15 is 0 Å². The number of allylic oxidation sites excluding steroid dienone is 1. The van der Waals surface area contributed by atoms with Crippen molar-refractivity contribution in [3.8, 4) is 17.6 Å². The van der Waals surface area contributed by atoms with E-state index in [1.54, 1.807) is 25.1 Å². The summed E-state index contributed by atoms with van der Waals surface area (Å²) in [7, 11) is 0. The third-order valence-corrected chi connectivity index (χ3v) is 5.50. The molecule has 7 heteroatoms. The van der Waals surface area contributed by atoms with Gasteiger partial charge in [0.2, 0.25) is 0 Å². The Labute approximate surface area is 209 Å². The van der Waals surface area contributed by atoms with Gasteiger partial charge in [0.15, 0.2) is 6.10 Å². The van der Waals surface area contributed by atoms with E-state index in [2.05, 4.69) is 63.1 Å². The van der Waals surface area contributed by atoms with Crippen molar-refractivity contribution in [2.24, 2.45) is 0 Å². The Balaban J connectivity index is 1.97. The number of hydrogen-bond acceptors (Lipinski definition) is 3. The topological polar surface area (TPSA) is 55.8 Å². The second-order valence-electron chi connectivity index (χ2n) is 6.36. The largest absolute Gasteiger partial charge is 0.488 e. The Bertz CT molecular complexity index is 972. The number of benzene rings is 2. The number of carboxylic acids is 1. The van der Waals surface area contributed by atoms with Gasteiger partial charge in [-0.2, -0.15) is 0 Å². The first-order valence-electron chi connectivity index (χ1n) is 9.19. The molecular weight excluding hydrogens is 630 g/mol. The zero-order valence-electron chi connectivity index (χ0n) is 16.5. The molecule has 2 aromatic carbocycles. The average Bonchev–Trinajstić information content (AvgIpc) is 2.67. The summed E-state index contributed by atoms with van der Waals surface area (Å²) >= 11 is 10.9. The second-order valence-corrected chi connectivity index (χ2v) is 9.26. The van der Waals surface area contributed by atoms with E-state index in [0.717, 1.165) is 23.8 Å². The van der Waals surface area contributed by atoms with Crippen LogP contribution in [0.3, 0.4) is 0 Å². The molecule has 30 heavy (non-hydrogen) atoms. The highest BCUT2D eigenvalue weighted by atomic mass is 127. The monoisotopic (exact) mass is 650 g/mol.